The molecule has 5 nitrogen and oxygen atoms in total. The van der Waals surface area contributed by atoms with E-state index in [2.05, 4.69) is 44.8 Å². The second-order valence-corrected chi connectivity index (χ2v) is 10.2. The van der Waals surface area contributed by atoms with Crippen molar-refractivity contribution in [2.24, 2.45) is 4.99 Å². The third-order valence-electron chi connectivity index (χ3n) is 5.20. The van der Waals surface area contributed by atoms with Gasteiger partial charge >= 0.3 is 0 Å². The van der Waals surface area contributed by atoms with Gasteiger partial charge in [-0.15, -0.1) is 0 Å². The summed E-state index contributed by atoms with van der Waals surface area (Å²) in [5, 5.41) is 6.56. The Morgan fingerprint density at radius 2 is 2.20 bits per heavy atom. The Morgan fingerprint density at radius 3 is 2.76 bits per heavy atom. The first-order valence-electron chi connectivity index (χ1n) is 8.94. The smallest absolute Gasteiger partial charge is 0.191 e. The molecule has 1 aliphatic heterocycles. The molecule has 3 rings (SSSR count). The van der Waals surface area contributed by atoms with Crippen molar-refractivity contribution >= 4 is 31.7 Å². The fourth-order valence-corrected chi connectivity index (χ4v) is 5.69. The predicted molar refractivity (Wildman–Crippen MR) is 106 cm³/mol. The summed E-state index contributed by atoms with van der Waals surface area (Å²) in [5.74, 6) is 1.20. The Kier molecular flexibility index (Phi) is 5.73. The number of nitrogens with one attached hydrogen (secondary N) is 2. The zero-order valence-corrected chi connectivity index (χ0v) is 17.0. The van der Waals surface area contributed by atoms with Crippen molar-refractivity contribution in [3.8, 4) is 0 Å². The van der Waals surface area contributed by atoms with Crippen molar-refractivity contribution in [3.05, 3.63) is 34.3 Å². The van der Waals surface area contributed by atoms with Gasteiger partial charge < -0.3 is 10.6 Å². The Hall–Kier alpha value is -1.08. The van der Waals surface area contributed by atoms with Crippen molar-refractivity contribution < 1.29 is 8.42 Å². The molecule has 1 saturated carbocycles. The van der Waals surface area contributed by atoms with Gasteiger partial charge in [0.1, 0.15) is 0 Å². The van der Waals surface area contributed by atoms with Gasteiger partial charge in [-0.1, -0.05) is 34.5 Å². The minimum Gasteiger partial charge on any atom is -0.357 e. The summed E-state index contributed by atoms with van der Waals surface area (Å²) in [6, 6.07) is 8.47. The molecule has 1 aliphatic carbocycles. The van der Waals surface area contributed by atoms with Crippen LogP contribution in [0.25, 0.3) is 0 Å². The maximum Gasteiger partial charge on any atom is 0.191 e. The van der Waals surface area contributed by atoms with Crippen molar-refractivity contribution in [3.63, 3.8) is 0 Å². The molecule has 2 fully saturated rings. The van der Waals surface area contributed by atoms with E-state index in [-0.39, 0.29) is 23.0 Å². The molecule has 0 bridgehead atoms. The second-order valence-electron chi connectivity index (χ2n) is 7.08. The first kappa shape index (κ1) is 18.7. The summed E-state index contributed by atoms with van der Waals surface area (Å²) in [4.78, 5) is 4.81. The molecule has 0 spiro atoms. The van der Waals surface area contributed by atoms with E-state index in [1.165, 1.54) is 12.0 Å². The normalized spacial score (nSPS) is 24.6. The highest BCUT2D eigenvalue weighted by Gasteiger charge is 2.38. The van der Waals surface area contributed by atoms with E-state index in [0.717, 1.165) is 36.4 Å². The van der Waals surface area contributed by atoms with Crippen LogP contribution >= 0.6 is 15.9 Å². The van der Waals surface area contributed by atoms with Gasteiger partial charge in [-0.3, -0.25) is 4.99 Å². The number of nitrogens with zero attached hydrogens (tertiary/aromatic N) is 1. The fraction of sp³-hybridized carbons (Fsp3) is 0.611. The fourth-order valence-electron chi connectivity index (χ4n) is 3.61. The van der Waals surface area contributed by atoms with Gasteiger partial charge in [-0.05, 0) is 43.9 Å². The van der Waals surface area contributed by atoms with Crippen molar-refractivity contribution in [2.45, 2.75) is 44.1 Å². The van der Waals surface area contributed by atoms with Crippen molar-refractivity contribution in [2.75, 3.05) is 24.6 Å². The average Bonchev–Trinajstić information content (AvgIpc) is 2.85. The lowest BCUT2D eigenvalue weighted by atomic mass is 9.64. The molecule has 2 N–H and O–H groups in total. The van der Waals surface area contributed by atoms with Crippen LogP contribution in [0.5, 0.6) is 0 Å². The minimum atomic E-state index is -2.89. The lowest BCUT2D eigenvalue weighted by Gasteiger charge is -2.41. The summed E-state index contributed by atoms with van der Waals surface area (Å²) in [7, 11) is -2.89. The van der Waals surface area contributed by atoms with E-state index in [0.29, 0.717) is 6.42 Å². The lowest BCUT2D eigenvalue weighted by molar-refractivity contribution is 0.253. The monoisotopic (exact) mass is 427 g/mol. The molecule has 1 aromatic carbocycles. The standard InChI is InChI=1S/C18H26BrN3O2S/c1-2-20-17(22-16-7-10-25(23,24)12-16)21-13-18(8-4-9-18)14-5-3-6-15(19)11-14/h3,5-6,11,16H,2,4,7-10,12-13H2,1H3,(H2,20,21,22). The van der Waals surface area contributed by atoms with E-state index in [4.69, 9.17) is 4.99 Å². The molecular weight excluding hydrogens is 402 g/mol. The molecule has 25 heavy (non-hydrogen) atoms. The van der Waals surface area contributed by atoms with Crippen LogP contribution in [0.2, 0.25) is 0 Å². The number of rotatable bonds is 5. The van der Waals surface area contributed by atoms with Crippen LogP contribution in [0.4, 0.5) is 0 Å². The first-order chi connectivity index (χ1) is 11.9. The molecule has 2 aliphatic rings. The highest BCUT2D eigenvalue weighted by Crippen LogP contribution is 2.44. The van der Waals surface area contributed by atoms with E-state index in [9.17, 15) is 8.42 Å². The number of sulfone groups is 1. The topological polar surface area (TPSA) is 70.6 Å². The summed E-state index contributed by atoms with van der Waals surface area (Å²) >= 11 is 3.56. The van der Waals surface area contributed by atoms with Crippen LogP contribution in [0.15, 0.2) is 33.7 Å². The number of hydrogen-bond acceptors (Lipinski definition) is 3. The second kappa shape index (κ2) is 7.66. The van der Waals surface area contributed by atoms with Gasteiger partial charge in [-0.25, -0.2) is 8.42 Å². The molecule has 0 radical (unpaired) electrons. The molecule has 0 amide bonds. The van der Waals surface area contributed by atoms with Crippen LogP contribution in [-0.4, -0.2) is 45.0 Å². The number of hydrogen-bond donors (Lipinski definition) is 2. The first-order valence-corrected chi connectivity index (χ1v) is 11.6. The molecular formula is C18H26BrN3O2S. The third-order valence-corrected chi connectivity index (χ3v) is 7.47. The quantitative estimate of drug-likeness (QED) is 0.559. The molecule has 1 aromatic rings. The highest BCUT2D eigenvalue weighted by molar-refractivity contribution is 9.10. The molecule has 1 atom stereocenters. The van der Waals surface area contributed by atoms with Gasteiger partial charge in [0.05, 0.1) is 18.1 Å². The third kappa shape index (κ3) is 4.56. The zero-order chi connectivity index (χ0) is 17.9. The highest BCUT2D eigenvalue weighted by atomic mass is 79.9. The Morgan fingerprint density at radius 1 is 1.40 bits per heavy atom. The van der Waals surface area contributed by atoms with Crippen molar-refractivity contribution in [1.82, 2.24) is 10.6 Å². The molecule has 0 aromatic heterocycles. The van der Waals surface area contributed by atoms with Crippen LogP contribution < -0.4 is 10.6 Å². The predicted octanol–water partition coefficient (Wildman–Crippen LogP) is 2.61. The summed E-state index contributed by atoms with van der Waals surface area (Å²) in [5.41, 5.74) is 1.43. The largest absolute Gasteiger partial charge is 0.357 e. The molecule has 1 heterocycles. The summed E-state index contributed by atoms with van der Waals surface area (Å²) in [6.45, 7) is 3.50. The lowest BCUT2D eigenvalue weighted by Crippen LogP contribution is -2.45. The van der Waals surface area contributed by atoms with Gasteiger partial charge in [0.15, 0.2) is 15.8 Å². The van der Waals surface area contributed by atoms with Crippen LogP contribution in [0.3, 0.4) is 0 Å². The summed E-state index contributed by atoms with van der Waals surface area (Å²) < 4.78 is 24.4. The molecule has 7 heteroatoms. The molecule has 1 unspecified atom stereocenters. The van der Waals surface area contributed by atoms with E-state index in [1.807, 2.05) is 13.0 Å². The van der Waals surface area contributed by atoms with Crippen molar-refractivity contribution in [1.29, 1.82) is 0 Å². The van der Waals surface area contributed by atoms with E-state index >= 15 is 0 Å². The average molecular weight is 428 g/mol. The van der Waals surface area contributed by atoms with Gasteiger partial charge in [-0.2, -0.15) is 0 Å². The zero-order valence-electron chi connectivity index (χ0n) is 14.6. The maximum atomic E-state index is 11.7. The van der Waals surface area contributed by atoms with E-state index < -0.39 is 9.84 Å². The summed E-state index contributed by atoms with van der Waals surface area (Å²) in [6.07, 6.45) is 4.17. The van der Waals surface area contributed by atoms with Crippen LogP contribution in [0.1, 0.15) is 38.2 Å². The number of halogens is 1. The Labute approximate surface area is 158 Å². The van der Waals surface area contributed by atoms with E-state index in [1.54, 1.807) is 0 Å². The molecule has 1 saturated heterocycles. The number of guanidine groups is 1. The van der Waals surface area contributed by atoms with Crippen LogP contribution in [-0.2, 0) is 15.3 Å². The van der Waals surface area contributed by atoms with Gasteiger partial charge in [0, 0.05) is 22.5 Å². The maximum absolute atomic E-state index is 11.7. The van der Waals surface area contributed by atoms with Gasteiger partial charge in [0.2, 0.25) is 0 Å². The Bertz CT molecular complexity index is 744. The van der Waals surface area contributed by atoms with Crippen LogP contribution in [0, 0.1) is 0 Å². The number of benzene rings is 1. The molecule has 138 valence electrons. The number of aliphatic imine (C=N–C) groups is 1. The van der Waals surface area contributed by atoms with Gasteiger partial charge in [0.25, 0.3) is 0 Å². The SMILES string of the molecule is CCNC(=NCC1(c2cccc(Br)c2)CCC1)NC1CCS(=O)(=O)C1. The Balaban J connectivity index is 1.72. The minimum absolute atomic E-state index is 0.0361.